The minimum atomic E-state index is -0.0311. The lowest BCUT2D eigenvalue weighted by Gasteiger charge is -2.29. The Hall–Kier alpha value is -1.07. The van der Waals surface area contributed by atoms with Gasteiger partial charge in [0.2, 0.25) is 0 Å². The summed E-state index contributed by atoms with van der Waals surface area (Å²) < 4.78 is 5.23. The molecule has 0 bridgehead atoms. The van der Waals surface area contributed by atoms with Crippen LogP contribution in [0.3, 0.4) is 0 Å². The van der Waals surface area contributed by atoms with Gasteiger partial charge in [-0.25, -0.2) is 0 Å². The number of rotatable bonds is 2. The summed E-state index contributed by atoms with van der Waals surface area (Å²) in [6, 6.07) is 1.85. The Labute approximate surface area is 112 Å². The summed E-state index contributed by atoms with van der Waals surface area (Å²) in [4.78, 5) is 15.1. The highest BCUT2D eigenvalue weighted by molar-refractivity contribution is 7.12. The van der Waals surface area contributed by atoms with Crippen LogP contribution in [0.4, 0.5) is 0 Å². The van der Waals surface area contributed by atoms with Gasteiger partial charge in [-0.3, -0.25) is 4.79 Å². The highest BCUT2D eigenvalue weighted by atomic mass is 32.1. The van der Waals surface area contributed by atoms with Crippen LogP contribution in [0, 0.1) is 0 Å². The number of nitrogens with zero attached hydrogens (tertiary/aromatic N) is 1. The number of thiophene rings is 1. The van der Waals surface area contributed by atoms with Gasteiger partial charge in [-0.15, -0.1) is 11.3 Å². The van der Waals surface area contributed by atoms with Gasteiger partial charge in [0, 0.05) is 18.6 Å². The molecule has 2 heterocycles. The van der Waals surface area contributed by atoms with Crippen molar-refractivity contribution in [3.63, 3.8) is 0 Å². The zero-order valence-corrected chi connectivity index (χ0v) is 12.0. The quantitative estimate of drug-likeness (QED) is 0.891. The summed E-state index contributed by atoms with van der Waals surface area (Å²) in [6.07, 6.45) is 0.989. The standard InChI is InChI=1S/C13H20N2O2S/c1-13(2)9-15(7-4-6-14-13)12(16)11-10(17-3)5-8-18-11/h5,8,14H,4,6-7,9H2,1-3H3. The highest BCUT2D eigenvalue weighted by Crippen LogP contribution is 2.27. The van der Waals surface area contributed by atoms with E-state index >= 15 is 0 Å². The molecule has 0 aromatic carbocycles. The molecule has 0 spiro atoms. The van der Waals surface area contributed by atoms with Crippen molar-refractivity contribution >= 4 is 17.2 Å². The van der Waals surface area contributed by atoms with Gasteiger partial charge < -0.3 is 15.0 Å². The van der Waals surface area contributed by atoms with Crippen molar-refractivity contribution in [1.29, 1.82) is 0 Å². The van der Waals surface area contributed by atoms with Gasteiger partial charge in [-0.2, -0.15) is 0 Å². The lowest BCUT2D eigenvalue weighted by Crippen LogP contribution is -2.47. The molecule has 2 rings (SSSR count). The summed E-state index contributed by atoms with van der Waals surface area (Å²) in [6.45, 7) is 6.75. The van der Waals surface area contributed by atoms with Crippen LogP contribution in [0.25, 0.3) is 0 Å². The van der Waals surface area contributed by atoms with E-state index in [1.54, 1.807) is 7.11 Å². The number of carbonyl (C=O) groups is 1. The molecule has 100 valence electrons. The number of hydrogen-bond acceptors (Lipinski definition) is 4. The van der Waals surface area contributed by atoms with Gasteiger partial charge in [0.05, 0.1) is 7.11 Å². The molecule has 0 atom stereocenters. The Morgan fingerprint density at radius 1 is 1.56 bits per heavy atom. The van der Waals surface area contributed by atoms with Crippen molar-refractivity contribution in [2.45, 2.75) is 25.8 Å². The second kappa shape index (κ2) is 5.28. The molecular weight excluding hydrogens is 248 g/mol. The van der Waals surface area contributed by atoms with Crippen LogP contribution < -0.4 is 10.1 Å². The summed E-state index contributed by atoms with van der Waals surface area (Å²) in [5.74, 6) is 0.763. The van der Waals surface area contributed by atoms with Crippen LogP contribution in [0.5, 0.6) is 5.75 Å². The van der Waals surface area contributed by atoms with Crippen LogP contribution in [0.15, 0.2) is 11.4 Å². The molecule has 4 nitrogen and oxygen atoms in total. The monoisotopic (exact) mass is 268 g/mol. The predicted molar refractivity (Wildman–Crippen MR) is 73.5 cm³/mol. The maximum Gasteiger partial charge on any atom is 0.267 e. The van der Waals surface area contributed by atoms with E-state index in [9.17, 15) is 4.79 Å². The summed E-state index contributed by atoms with van der Waals surface area (Å²) in [5, 5.41) is 5.35. The van der Waals surface area contributed by atoms with Gasteiger partial charge in [0.1, 0.15) is 10.6 Å². The Bertz CT molecular complexity index is 428. The topological polar surface area (TPSA) is 41.6 Å². The molecule has 5 heteroatoms. The van der Waals surface area contributed by atoms with Gasteiger partial charge in [-0.05, 0) is 38.3 Å². The average Bonchev–Trinajstić information content (AvgIpc) is 2.72. The van der Waals surface area contributed by atoms with Gasteiger partial charge in [0.25, 0.3) is 5.91 Å². The molecule has 0 unspecified atom stereocenters. The summed E-state index contributed by atoms with van der Waals surface area (Å²) in [7, 11) is 1.60. The van der Waals surface area contributed by atoms with Crippen molar-refractivity contribution in [3.8, 4) is 5.75 Å². The molecule has 1 N–H and O–H groups in total. The third kappa shape index (κ3) is 2.84. The fourth-order valence-corrected chi connectivity index (χ4v) is 3.07. The van der Waals surface area contributed by atoms with Gasteiger partial charge in [-0.1, -0.05) is 0 Å². The first-order chi connectivity index (χ1) is 8.53. The third-order valence-electron chi connectivity index (χ3n) is 3.12. The number of nitrogens with one attached hydrogen (secondary N) is 1. The fourth-order valence-electron chi connectivity index (χ4n) is 2.24. The van der Waals surface area contributed by atoms with E-state index in [1.807, 2.05) is 16.3 Å². The first-order valence-electron chi connectivity index (χ1n) is 6.19. The first-order valence-corrected chi connectivity index (χ1v) is 7.07. The maximum absolute atomic E-state index is 12.5. The first kappa shape index (κ1) is 13.4. The zero-order chi connectivity index (χ0) is 13.2. The minimum absolute atomic E-state index is 0.0311. The number of methoxy groups -OCH3 is 1. The van der Waals surface area contributed by atoms with Crippen LogP contribution in [-0.2, 0) is 0 Å². The molecule has 1 fully saturated rings. The molecular formula is C13H20N2O2S. The molecule has 1 aromatic heterocycles. The van der Waals surface area contributed by atoms with E-state index in [4.69, 9.17) is 4.74 Å². The number of ether oxygens (including phenoxy) is 1. The predicted octanol–water partition coefficient (Wildman–Crippen LogP) is 1.97. The normalized spacial score (nSPS) is 19.4. The molecule has 0 saturated carbocycles. The molecule has 1 aliphatic rings. The lowest BCUT2D eigenvalue weighted by molar-refractivity contribution is 0.0735. The van der Waals surface area contributed by atoms with Crippen LogP contribution >= 0.6 is 11.3 Å². The van der Waals surface area contributed by atoms with Crippen molar-refractivity contribution in [3.05, 3.63) is 16.3 Å². The summed E-state index contributed by atoms with van der Waals surface area (Å²) >= 11 is 1.45. The molecule has 1 aromatic rings. The Kier molecular flexibility index (Phi) is 3.92. The largest absolute Gasteiger partial charge is 0.495 e. The molecule has 1 amide bonds. The fraction of sp³-hybridized carbons (Fsp3) is 0.615. The molecule has 1 saturated heterocycles. The second-order valence-corrected chi connectivity index (χ2v) is 6.13. The number of amides is 1. The lowest BCUT2D eigenvalue weighted by atomic mass is 10.1. The van der Waals surface area contributed by atoms with E-state index in [0.29, 0.717) is 10.6 Å². The molecule has 1 aliphatic heterocycles. The van der Waals surface area contributed by atoms with E-state index in [2.05, 4.69) is 19.2 Å². The zero-order valence-electron chi connectivity index (χ0n) is 11.2. The van der Waals surface area contributed by atoms with Gasteiger partial charge in [0.15, 0.2) is 0 Å². The highest BCUT2D eigenvalue weighted by Gasteiger charge is 2.29. The van der Waals surface area contributed by atoms with Crippen molar-refractivity contribution < 1.29 is 9.53 Å². The molecule has 18 heavy (non-hydrogen) atoms. The second-order valence-electron chi connectivity index (χ2n) is 5.21. The maximum atomic E-state index is 12.5. The van der Waals surface area contributed by atoms with Crippen LogP contribution in [0.1, 0.15) is 29.9 Å². The van der Waals surface area contributed by atoms with Crippen molar-refractivity contribution in [2.75, 3.05) is 26.7 Å². The number of carbonyl (C=O) groups excluding carboxylic acids is 1. The summed E-state index contributed by atoms with van der Waals surface area (Å²) in [5.41, 5.74) is -0.0311. The molecule has 0 radical (unpaired) electrons. The average molecular weight is 268 g/mol. The smallest absolute Gasteiger partial charge is 0.267 e. The number of hydrogen-bond donors (Lipinski definition) is 1. The van der Waals surface area contributed by atoms with Crippen LogP contribution in [-0.4, -0.2) is 43.1 Å². The van der Waals surface area contributed by atoms with E-state index in [1.165, 1.54) is 11.3 Å². The van der Waals surface area contributed by atoms with E-state index in [0.717, 1.165) is 26.1 Å². The van der Waals surface area contributed by atoms with Gasteiger partial charge >= 0.3 is 0 Å². The minimum Gasteiger partial charge on any atom is -0.495 e. The Morgan fingerprint density at radius 3 is 3.06 bits per heavy atom. The Morgan fingerprint density at radius 2 is 2.33 bits per heavy atom. The Balaban J connectivity index is 2.17. The van der Waals surface area contributed by atoms with E-state index in [-0.39, 0.29) is 11.4 Å². The van der Waals surface area contributed by atoms with E-state index < -0.39 is 0 Å². The SMILES string of the molecule is COc1ccsc1C(=O)N1CCCNC(C)(C)C1. The molecule has 0 aliphatic carbocycles. The van der Waals surface area contributed by atoms with Crippen molar-refractivity contribution in [2.24, 2.45) is 0 Å². The van der Waals surface area contributed by atoms with Crippen LogP contribution in [0.2, 0.25) is 0 Å². The third-order valence-corrected chi connectivity index (χ3v) is 4.01. The van der Waals surface area contributed by atoms with Crippen molar-refractivity contribution in [1.82, 2.24) is 10.2 Å².